The Hall–Kier alpha value is -2.48. The van der Waals surface area contributed by atoms with E-state index >= 15 is 0 Å². The van der Waals surface area contributed by atoms with Crippen LogP contribution in [-0.2, 0) is 6.54 Å². The van der Waals surface area contributed by atoms with Gasteiger partial charge in [-0.25, -0.2) is 4.98 Å². The number of hydrogen-bond donors (Lipinski definition) is 2. The number of nitrogens with one attached hydrogen (secondary N) is 1. The first kappa shape index (κ1) is 13.5. The zero-order chi connectivity index (χ0) is 15.0. The van der Waals surface area contributed by atoms with Crippen LogP contribution in [0.25, 0.3) is 10.2 Å². The van der Waals surface area contributed by atoms with Crippen molar-refractivity contribution in [2.45, 2.75) is 20.4 Å². The predicted molar refractivity (Wildman–Crippen MR) is 79.0 cm³/mol. The number of fused-ring (bicyclic) bond motifs is 1. The molecule has 0 atom stereocenters. The summed E-state index contributed by atoms with van der Waals surface area (Å²) in [6, 6.07) is 1.87. The van der Waals surface area contributed by atoms with Gasteiger partial charge >= 0.3 is 0 Å². The molecule has 0 bridgehead atoms. The quantitative estimate of drug-likeness (QED) is 0.764. The summed E-state index contributed by atoms with van der Waals surface area (Å²) in [6.07, 6.45) is 1.71. The molecule has 3 N–H and O–H groups in total. The number of thiophene rings is 1. The molecule has 8 heteroatoms. The summed E-state index contributed by atoms with van der Waals surface area (Å²) in [4.78, 5) is 21.7. The van der Waals surface area contributed by atoms with Crippen molar-refractivity contribution >= 4 is 33.1 Å². The number of rotatable bonds is 3. The van der Waals surface area contributed by atoms with Gasteiger partial charge in [0.15, 0.2) is 5.82 Å². The molecule has 0 aliphatic rings. The third kappa shape index (κ3) is 2.45. The number of pyridine rings is 1. The summed E-state index contributed by atoms with van der Waals surface area (Å²) >= 11 is 1.27. The second-order valence-electron chi connectivity index (χ2n) is 4.57. The molecule has 108 valence electrons. The SMILES string of the molecule is Cc1nc(CNC(=O)c2sc3nccc(C)c3c2N)no1. The summed E-state index contributed by atoms with van der Waals surface area (Å²) < 4.78 is 4.85. The van der Waals surface area contributed by atoms with E-state index in [0.717, 1.165) is 15.8 Å². The summed E-state index contributed by atoms with van der Waals surface area (Å²) in [5.41, 5.74) is 7.54. The first-order chi connectivity index (χ1) is 10.1. The van der Waals surface area contributed by atoms with E-state index in [2.05, 4.69) is 20.4 Å². The van der Waals surface area contributed by atoms with Crippen LogP contribution >= 0.6 is 11.3 Å². The Bertz CT molecular complexity index is 823. The molecule has 0 fully saturated rings. The van der Waals surface area contributed by atoms with E-state index in [9.17, 15) is 4.79 Å². The number of amides is 1. The van der Waals surface area contributed by atoms with Gasteiger partial charge in [-0.2, -0.15) is 4.98 Å². The molecule has 21 heavy (non-hydrogen) atoms. The highest BCUT2D eigenvalue weighted by atomic mass is 32.1. The van der Waals surface area contributed by atoms with Crippen molar-refractivity contribution < 1.29 is 9.32 Å². The van der Waals surface area contributed by atoms with Crippen LogP contribution in [0.3, 0.4) is 0 Å². The Morgan fingerprint density at radius 3 is 2.95 bits per heavy atom. The zero-order valence-corrected chi connectivity index (χ0v) is 12.3. The van der Waals surface area contributed by atoms with Crippen LogP contribution in [0.4, 0.5) is 5.69 Å². The van der Waals surface area contributed by atoms with E-state index in [0.29, 0.717) is 22.3 Å². The molecule has 0 aromatic carbocycles. The van der Waals surface area contributed by atoms with Gasteiger partial charge in [-0.05, 0) is 18.6 Å². The molecule has 0 saturated heterocycles. The van der Waals surface area contributed by atoms with Gasteiger partial charge in [-0.1, -0.05) is 5.16 Å². The Labute approximate surface area is 124 Å². The van der Waals surface area contributed by atoms with Crippen LogP contribution in [0.1, 0.15) is 27.0 Å². The minimum absolute atomic E-state index is 0.191. The van der Waals surface area contributed by atoms with Crippen LogP contribution in [0.2, 0.25) is 0 Å². The highest BCUT2D eigenvalue weighted by molar-refractivity contribution is 7.21. The number of nitrogens with zero attached hydrogens (tertiary/aromatic N) is 3. The monoisotopic (exact) mass is 303 g/mol. The molecule has 3 heterocycles. The molecule has 3 aromatic rings. The molecule has 0 unspecified atom stereocenters. The summed E-state index contributed by atoms with van der Waals surface area (Å²) in [6.45, 7) is 3.82. The normalized spacial score (nSPS) is 11.0. The van der Waals surface area contributed by atoms with Crippen molar-refractivity contribution in [1.82, 2.24) is 20.4 Å². The topological polar surface area (TPSA) is 107 Å². The molecule has 0 spiro atoms. The van der Waals surface area contributed by atoms with Gasteiger partial charge in [-0.15, -0.1) is 11.3 Å². The number of aryl methyl sites for hydroxylation is 2. The maximum absolute atomic E-state index is 12.2. The van der Waals surface area contributed by atoms with E-state index in [4.69, 9.17) is 10.3 Å². The average Bonchev–Trinajstić information content (AvgIpc) is 3.01. The Morgan fingerprint density at radius 2 is 2.29 bits per heavy atom. The second kappa shape index (κ2) is 5.13. The second-order valence-corrected chi connectivity index (χ2v) is 5.56. The minimum atomic E-state index is -0.266. The van der Waals surface area contributed by atoms with Gasteiger partial charge in [0.1, 0.15) is 9.71 Å². The van der Waals surface area contributed by atoms with Crippen LogP contribution in [0.15, 0.2) is 16.8 Å². The molecule has 0 aliphatic carbocycles. The molecular formula is C13H13N5O2S. The Kier molecular flexibility index (Phi) is 3.30. The first-order valence-electron chi connectivity index (χ1n) is 6.27. The van der Waals surface area contributed by atoms with Gasteiger partial charge in [0.2, 0.25) is 5.89 Å². The number of anilines is 1. The number of hydrogen-bond acceptors (Lipinski definition) is 7. The maximum atomic E-state index is 12.2. The van der Waals surface area contributed by atoms with E-state index in [1.807, 2.05) is 13.0 Å². The fraction of sp³-hybridized carbons (Fsp3) is 0.231. The van der Waals surface area contributed by atoms with Gasteiger partial charge in [0.25, 0.3) is 5.91 Å². The highest BCUT2D eigenvalue weighted by Gasteiger charge is 2.18. The molecule has 3 aromatic heterocycles. The summed E-state index contributed by atoms with van der Waals surface area (Å²) in [7, 11) is 0. The highest BCUT2D eigenvalue weighted by Crippen LogP contribution is 2.34. The van der Waals surface area contributed by atoms with Crippen molar-refractivity contribution in [3.05, 3.63) is 34.4 Å². The van der Waals surface area contributed by atoms with Gasteiger partial charge < -0.3 is 15.6 Å². The minimum Gasteiger partial charge on any atom is -0.397 e. The number of nitrogens with two attached hydrogens (primary N) is 1. The van der Waals surface area contributed by atoms with Crippen molar-refractivity contribution in [1.29, 1.82) is 0 Å². The van der Waals surface area contributed by atoms with Gasteiger partial charge in [0, 0.05) is 18.5 Å². The fourth-order valence-electron chi connectivity index (χ4n) is 2.02. The zero-order valence-electron chi connectivity index (χ0n) is 11.5. The maximum Gasteiger partial charge on any atom is 0.263 e. The fourth-order valence-corrected chi connectivity index (χ4v) is 3.08. The van der Waals surface area contributed by atoms with Crippen LogP contribution < -0.4 is 11.1 Å². The van der Waals surface area contributed by atoms with Crippen molar-refractivity contribution in [3.8, 4) is 0 Å². The van der Waals surface area contributed by atoms with Gasteiger partial charge in [0.05, 0.1) is 12.2 Å². The largest absolute Gasteiger partial charge is 0.397 e. The Morgan fingerprint density at radius 1 is 1.48 bits per heavy atom. The number of aromatic nitrogens is 3. The molecule has 1 amide bonds. The molecule has 0 radical (unpaired) electrons. The smallest absolute Gasteiger partial charge is 0.263 e. The van der Waals surface area contributed by atoms with Crippen molar-refractivity contribution in [2.75, 3.05) is 5.73 Å². The third-order valence-corrected chi connectivity index (χ3v) is 4.13. The first-order valence-corrected chi connectivity index (χ1v) is 7.09. The van der Waals surface area contributed by atoms with E-state index in [1.165, 1.54) is 11.3 Å². The lowest BCUT2D eigenvalue weighted by atomic mass is 10.2. The van der Waals surface area contributed by atoms with E-state index < -0.39 is 0 Å². The van der Waals surface area contributed by atoms with Crippen LogP contribution in [-0.4, -0.2) is 21.0 Å². The van der Waals surface area contributed by atoms with Crippen molar-refractivity contribution in [2.24, 2.45) is 0 Å². The van der Waals surface area contributed by atoms with Crippen LogP contribution in [0, 0.1) is 13.8 Å². The van der Waals surface area contributed by atoms with Crippen molar-refractivity contribution in [3.63, 3.8) is 0 Å². The summed E-state index contributed by atoms with van der Waals surface area (Å²) in [5.74, 6) is 0.618. The molecule has 0 saturated carbocycles. The number of carbonyl (C=O) groups excluding carboxylic acids is 1. The van der Waals surface area contributed by atoms with E-state index in [-0.39, 0.29) is 12.5 Å². The standard InChI is InChI=1S/C13H13N5O2S/c1-6-3-4-15-13-9(6)10(14)11(21-13)12(19)16-5-8-17-7(2)20-18-8/h3-4H,5,14H2,1-2H3,(H,16,19). The summed E-state index contributed by atoms with van der Waals surface area (Å²) in [5, 5.41) is 7.28. The number of nitrogen functional groups attached to an aromatic ring is 1. The Balaban J connectivity index is 1.84. The lowest BCUT2D eigenvalue weighted by molar-refractivity contribution is 0.0954. The van der Waals surface area contributed by atoms with Gasteiger partial charge in [-0.3, -0.25) is 4.79 Å². The lowest BCUT2D eigenvalue weighted by Crippen LogP contribution is -2.23. The lowest BCUT2D eigenvalue weighted by Gasteiger charge is -2.01. The molecular weight excluding hydrogens is 290 g/mol. The molecule has 3 rings (SSSR count). The predicted octanol–water partition coefficient (Wildman–Crippen LogP) is 1.81. The third-order valence-electron chi connectivity index (χ3n) is 3.02. The van der Waals surface area contributed by atoms with Crippen LogP contribution in [0.5, 0.6) is 0 Å². The molecule has 7 nitrogen and oxygen atoms in total. The van der Waals surface area contributed by atoms with E-state index in [1.54, 1.807) is 13.1 Å². The molecule has 0 aliphatic heterocycles. The number of carbonyl (C=O) groups is 1. The average molecular weight is 303 g/mol.